The molecule has 0 unspecified atom stereocenters. The molecule has 2 aromatic carbocycles. The number of ether oxygens (including phenoxy) is 2. The fourth-order valence-electron chi connectivity index (χ4n) is 2.62. The summed E-state index contributed by atoms with van der Waals surface area (Å²) in [5, 5.41) is 26.4. The average Bonchev–Trinajstić information content (AvgIpc) is 2.71. The first-order valence-electron chi connectivity index (χ1n) is 8.36. The van der Waals surface area contributed by atoms with E-state index in [-0.39, 0.29) is 0 Å². The third kappa shape index (κ3) is 5.64. The molecule has 0 radical (unpaired) electrons. The predicted molar refractivity (Wildman–Crippen MR) is 112 cm³/mol. The van der Waals surface area contributed by atoms with Gasteiger partial charge in [-0.05, 0) is 12.1 Å². The minimum Gasteiger partial charge on any atom is -0.494 e. The first-order valence-corrected chi connectivity index (χ1v) is 11.2. The van der Waals surface area contributed by atoms with E-state index in [9.17, 15) is 51.0 Å². The van der Waals surface area contributed by atoms with Crippen molar-refractivity contribution >= 4 is 49.0 Å². The fraction of sp³-hybridized carbons (Fsp3) is 0.133. The number of nitrogens with one attached hydrogen (secondary N) is 2. The Balaban J connectivity index is 2.57. The van der Waals surface area contributed by atoms with Crippen LogP contribution in [0, 0.1) is 20.2 Å². The van der Waals surface area contributed by atoms with E-state index in [0.29, 0.717) is 24.3 Å². The van der Waals surface area contributed by atoms with Gasteiger partial charge in [0.2, 0.25) is 5.75 Å². The molecule has 0 spiro atoms. The minimum absolute atomic E-state index is 0.418. The summed E-state index contributed by atoms with van der Waals surface area (Å²) >= 11 is 0. The number of carbonyl (C=O) groups is 1. The number of anilines is 2. The summed E-state index contributed by atoms with van der Waals surface area (Å²) in [5.41, 5.74) is -3.10. The lowest BCUT2D eigenvalue weighted by Crippen LogP contribution is -2.21. The van der Waals surface area contributed by atoms with Crippen LogP contribution in [0.15, 0.2) is 34.1 Å². The number of nitrogens with zero attached hydrogens (tertiary/aromatic N) is 2. The number of benzene rings is 2. The topological polar surface area (TPSA) is 255 Å². The van der Waals surface area contributed by atoms with Gasteiger partial charge in [-0.3, -0.25) is 29.3 Å². The zero-order chi connectivity index (χ0) is 26.0. The van der Waals surface area contributed by atoms with E-state index in [4.69, 9.17) is 9.47 Å². The van der Waals surface area contributed by atoms with Crippen LogP contribution in [0.3, 0.4) is 0 Å². The van der Waals surface area contributed by atoms with Gasteiger partial charge in [0.25, 0.3) is 15.8 Å². The summed E-state index contributed by atoms with van der Waals surface area (Å²) in [4.78, 5) is 30.5. The molecule has 2 rings (SSSR count). The third-order valence-corrected chi connectivity index (χ3v) is 5.71. The van der Waals surface area contributed by atoms with Gasteiger partial charge in [0.05, 0.1) is 41.5 Å². The Kier molecular flexibility index (Phi) is 7.26. The Morgan fingerprint density at radius 1 is 0.853 bits per heavy atom. The number of nitro benzene ring substituents is 2. The van der Waals surface area contributed by atoms with E-state index in [1.54, 1.807) is 0 Å². The highest BCUT2D eigenvalue weighted by Gasteiger charge is 2.29. The molecular formula is C15H14N4O13S2. The highest BCUT2D eigenvalue weighted by atomic mass is 32.2. The number of carbonyl (C=O) groups excluding carboxylic acids is 1. The Labute approximate surface area is 190 Å². The van der Waals surface area contributed by atoms with Crippen LogP contribution in [-0.2, 0) is 20.2 Å². The van der Waals surface area contributed by atoms with Crippen LogP contribution in [0.1, 0.15) is 0 Å². The van der Waals surface area contributed by atoms with Crippen molar-refractivity contribution in [2.45, 2.75) is 9.79 Å². The number of hydrogen-bond acceptors (Lipinski definition) is 11. The molecule has 0 bridgehead atoms. The maximum absolute atomic E-state index is 12.5. The summed E-state index contributed by atoms with van der Waals surface area (Å²) in [6, 6.07) is 0.948. The van der Waals surface area contributed by atoms with Crippen molar-refractivity contribution in [2.75, 3.05) is 24.9 Å². The van der Waals surface area contributed by atoms with Gasteiger partial charge in [0.1, 0.15) is 10.6 Å². The van der Waals surface area contributed by atoms with Gasteiger partial charge in [-0.2, -0.15) is 16.8 Å². The van der Waals surface area contributed by atoms with Gasteiger partial charge < -0.3 is 20.1 Å². The number of amides is 2. The molecule has 0 saturated heterocycles. The number of nitro groups is 2. The minimum atomic E-state index is -5.13. The van der Waals surface area contributed by atoms with Crippen LogP contribution in [-0.4, -0.2) is 56.0 Å². The van der Waals surface area contributed by atoms with Gasteiger partial charge in [0, 0.05) is 6.07 Å². The smallest absolute Gasteiger partial charge is 0.323 e. The normalized spacial score (nSPS) is 11.4. The number of rotatable bonds is 8. The molecule has 0 fully saturated rings. The fourth-order valence-corrected chi connectivity index (χ4v) is 3.81. The first-order chi connectivity index (χ1) is 15.6. The molecule has 19 heteroatoms. The van der Waals surface area contributed by atoms with Crippen molar-refractivity contribution in [1.29, 1.82) is 0 Å². The van der Waals surface area contributed by atoms with Crippen molar-refractivity contribution in [3.63, 3.8) is 0 Å². The molecule has 0 aliphatic rings. The van der Waals surface area contributed by atoms with Gasteiger partial charge in [-0.25, -0.2) is 4.79 Å². The molecule has 0 saturated carbocycles. The second kappa shape index (κ2) is 9.43. The second-order valence-corrected chi connectivity index (χ2v) is 8.90. The van der Waals surface area contributed by atoms with Gasteiger partial charge in [-0.15, -0.1) is 0 Å². The van der Waals surface area contributed by atoms with Gasteiger partial charge >= 0.3 is 21.8 Å². The predicted octanol–water partition coefficient (Wildman–Crippen LogP) is 1.66. The Morgan fingerprint density at radius 2 is 1.41 bits per heavy atom. The molecule has 0 aliphatic heterocycles. The first kappa shape index (κ1) is 26.2. The lowest BCUT2D eigenvalue weighted by Gasteiger charge is -2.14. The van der Waals surface area contributed by atoms with Crippen LogP contribution in [0.25, 0.3) is 0 Å². The average molecular weight is 522 g/mol. The van der Waals surface area contributed by atoms with Crippen molar-refractivity contribution in [1.82, 2.24) is 0 Å². The van der Waals surface area contributed by atoms with E-state index in [1.807, 2.05) is 10.6 Å². The van der Waals surface area contributed by atoms with E-state index in [1.165, 1.54) is 0 Å². The van der Waals surface area contributed by atoms with Crippen LogP contribution in [0.4, 0.5) is 27.5 Å². The maximum atomic E-state index is 12.5. The van der Waals surface area contributed by atoms with Gasteiger partial charge in [0.15, 0.2) is 4.90 Å². The van der Waals surface area contributed by atoms with Crippen molar-refractivity contribution < 1.29 is 50.1 Å². The number of urea groups is 1. The molecular weight excluding hydrogens is 508 g/mol. The lowest BCUT2D eigenvalue weighted by atomic mass is 10.2. The Bertz CT molecular complexity index is 1400. The molecule has 4 N–H and O–H groups in total. The SMILES string of the molecule is COc1cc([N+](=O)[O-])c(S(=O)(=O)O)cc1NC(=O)Nc1cc(S(=O)(=O)O)cc([N+](=O)[O-])c1OC. The molecule has 2 aromatic rings. The van der Waals surface area contributed by atoms with Gasteiger partial charge in [-0.1, -0.05) is 0 Å². The van der Waals surface area contributed by atoms with Crippen molar-refractivity contribution in [3.8, 4) is 11.5 Å². The Hall–Kier alpha value is -4.07. The molecule has 0 heterocycles. The van der Waals surface area contributed by atoms with Crippen molar-refractivity contribution in [2.24, 2.45) is 0 Å². The summed E-state index contributed by atoms with van der Waals surface area (Å²) < 4.78 is 74.1. The van der Waals surface area contributed by atoms with E-state index >= 15 is 0 Å². The van der Waals surface area contributed by atoms with E-state index < -0.39 is 80.2 Å². The molecule has 17 nitrogen and oxygen atoms in total. The Morgan fingerprint density at radius 3 is 1.85 bits per heavy atom. The van der Waals surface area contributed by atoms with E-state index in [2.05, 4.69) is 0 Å². The molecule has 0 aromatic heterocycles. The standard InChI is InChI=1S/C15H14N4O13S2/c1-31-12-6-10(18(21)22)13(34(28,29)30)5-8(12)16-15(20)17-9-3-7(33(25,26)27)4-11(19(23)24)14(9)32-2/h3-6H,1-2H3,(H2,16,17,20)(H,25,26,27)(H,28,29,30). The monoisotopic (exact) mass is 522 g/mol. The number of methoxy groups -OCH3 is 2. The quantitative estimate of drug-likeness (QED) is 0.219. The largest absolute Gasteiger partial charge is 0.494 e. The summed E-state index contributed by atoms with van der Waals surface area (Å²) in [7, 11) is -8.09. The van der Waals surface area contributed by atoms with E-state index in [0.717, 1.165) is 14.2 Å². The van der Waals surface area contributed by atoms with Crippen molar-refractivity contribution in [3.05, 3.63) is 44.5 Å². The van der Waals surface area contributed by atoms with Crippen LogP contribution >= 0.6 is 0 Å². The summed E-state index contributed by atoms with van der Waals surface area (Å²) in [5.74, 6) is -1.03. The summed E-state index contributed by atoms with van der Waals surface area (Å²) in [6.45, 7) is 0. The lowest BCUT2D eigenvalue weighted by molar-refractivity contribution is -0.388. The van der Waals surface area contributed by atoms with Crippen LogP contribution in [0.2, 0.25) is 0 Å². The summed E-state index contributed by atoms with van der Waals surface area (Å²) in [6.07, 6.45) is 0. The highest BCUT2D eigenvalue weighted by molar-refractivity contribution is 7.86. The molecule has 0 atom stereocenters. The zero-order valence-electron chi connectivity index (χ0n) is 16.9. The maximum Gasteiger partial charge on any atom is 0.323 e. The molecule has 2 amide bonds. The van der Waals surface area contributed by atoms with Crippen LogP contribution < -0.4 is 20.1 Å². The molecule has 34 heavy (non-hydrogen) atoms. The molecule has 0 aliphatic carbocycles. The second-order valence-electron chi connectivity index (χ2n) is 6.09. The molecule has 184 valence electrons. The zero-order valence-corrected chi connectivity index (χ0v) is 18.5. The third-order valence-electron chi connectivity index (χ3n) is 3.99. The highest BCUT2D eigenvalue weighted by Crippen LogP contribution is 2.39. The number of hydrogen-bond donors (Lipinski definition) is 4. The van der Waals surface area contributed by atoms with Crippen LogP contribution in [0.5, 0.6) is 11.5 Å².